The van der Waals surface area contributed by atoms with Gasteiger partial charge in [0.1, 0.15) is 10.6 Å². The number of halogens is 2. The number of amides is 1. The number of aromatic nitrogens is 2. The number of nitrogen functional groups attached to an aromatic ring is 1. The molecule has 1 aliphatic heterocycles. The zero-order chi connectivity index (χ0) is 24.9. The van der Waals surface area contributed by atoms with Crippen molar-refractivity contribution < 1.29 is 14.3 Å². The molecule has 0 bridgehead atoms. The van der Waals surface area contributed by atoms with Gasteiger partial charge in [-0.05, 0) is 31.5 Å². The summed E-state index contributed by atoms with van der Waals surface area (Å²) in [5.74, 6) is 0.0220. The van der Waals surface area contributed by atoms with Gasteiger partial charge in [-0.1, -0.05) is 46.7 Å². The number of esters is 1. The molecule has 3 heterocycles. The van der Waals surface area contributed by atoms with Crippen LogP contribution >= 0.6 is 34.5 Å². The van der Waals surface area contributed by atoms with Crippen molar-refractivity contribution in [1.82, 2.24) is 15.3 Å². The van der Waals surface area contributed by atoms with Crippen molar-refractivity contribution >= 4 is 57.2 Å². The number of nitrogens with one attached hydrogen (secondary N) is 2. The van der Waals surface area contributed by atoms with Gasteiger partial charge in [0.05, 0.1) is 22.3 Å². The summed E-state index contributed by atoms with van der Waals surface area (Å²) in [6.07, 6.45) is 0.494. The minimum atomic E-state index is -0.360. The average Bonchev–Trinajstić information content (AvgIpc) is 3.18. The number of thiazole rings is 1. The lowest BCUT2D eigenvalue weighted by molar-refractivity contribution is 0.0530. The van der Waals surface area contributed by atoms with E-state index in [0.29, 0.717) is 57.5 Å². The summed E-state index contributed by atoms with van der Waals surface area (Å²) in [4.78, 5) is 35.8. The van der Waals surface area contributed by atoms with Crippen molar-refractivity contribution in [3.63, 3.8) is 0 Å². The Morgan fingerprint density at radius 1 is 1.29 bits per heavy atom. The third kappa shape index (κ3) is 4.60. The monoisotopic (exact) mass is 533 g/mol. The molecule has 2 aliphatic rings. The number of benzene rings is 1. The standard InChI is InChI=1S/C24H25Cl2N5O3S/c1-3-34-23(33)21-16(8-12-5-4-6-13(27)7-12)29-24(35-21)31-9-14-15(10-31)19(14)30-22(32)20-18(26)17(25)11(2)28-20/h4-7,14-15,19,28H,3,8-10,27H2,1-2H3,(H,30,32)/t14-,15+,19-. The summed E-state index contributed by atoms with van der Waals surface area (Å²) in [6, 6.07) is 7.65. The molecule has 1 amide bonds. The van der Waals surface area contributed by atoms with E-state index < -0.39 is 0 Å². The molecule has 4 N–H and O–H groups in total. The van der Waals surface area contributed by atoms with Gasteiger partial charge >= 0.3 is 5.97 Å². The number of carbonyl (C=O) groups excluding carboxylic acids is 2. The Morgan fingerprint density at radius 3 is 2.66 bits per heavy atom. The molecule has 35 heavy (non-hydrogen) atoms. The predicted octanol–water partition coefficient (Wildman–Crippen LogP) is 4.30. The minimum absolute atomic E-state index is 0.0773. The minimum Gasteiger partial charge on any atom is -0.462 e. The predicted molar refractivity (Wildman–Crippen MR) is 138 cm³/mol. The maximum absolute atomic E-state index is 12.7. The third-order valence-corrected chi connectivity index (χ3v) is 8.60. The number of piperidine rings is 1. The van der Waals surface area contributed by atoms with Gasteiger partial charge in [-0.15, -0.1) is 0 Å². The van der Waals surface area contributed by atoms with Crippen molar-refractivity contribution in [2.75, 3.05) is 30.3 Å². The molecule has 1 saturated heterocycles. The molecule has 5 rings (SSSR count). The van der Waals surface area contributed by atoms with E-state index in [1.165, 1.54) is 11.3 Å². The van der Waals surface area contributed by atoms with Crippen molar-refractivity contribution in [3.05, 3.63) is 61.8 Å². The topological polar surface area (TPSA) is 113 Å². The van der Waals surface area contributed by atoms with Gasteiger partial charge in [-0.2, -0.15) is 0 Å². The number of aromatic amines is 1. The largest absolute Gasteiger partial charge is 0.462 e. The summed E-state index contributed by atoms with van der Waals surface area (Å²) in [6.45, 7) is 5.36. The highest BCUT2D eigenvalue weighted by atomic mass is 35.5. The van der Waals surface area contributed by atoms with Crippen LogP contribution in [0.15, 0.2) is 24.3 Å². The van der Waals surface area contributed by atoms with E-state index in [0.717, 1.165) is 23.8 Å². The smallest absolute Gasteiger partial charge is 0.350 e. The molecule has 184 valence electrons. The van der Waals surface area contributed by atoms with Crippen LogP contribution in [0, 0.1) is 18.8 Å². The van der Waals surface area contributed by atoms with E-state index in [1.807, 2.05) is 24.3 Å². The number of ether oxygens (including phenoxy) is 1. The Hall–Kier alpha value is -2.75. The van der Waals surface area contributed by atoms with Crippen LogP contribution in [0.5, 0.6) is 0 Å². The van der Waals surface area contributed by atoms with Crippen LogP contribution in [0.2, 0.25) is 10.0 Å². The van der Waals surface area contributed by atoms with E-state index in [4.69, 9.17) is 38.7 Å². The molecule has 0 unspecified atom stereocenters. The second-order valence-corrected chi connectivity index (χ2v) is 10.6. The van der Waals surface area contributed by atoms with Gasteiger partial charge in [0.15, 0.2) is 5.13 Å². The van der Waals surface area contributed by atoms with E-state index in [2.05, 4.69) is 15.2 Å². The molecule has 0 spiro atoms. The van der Waals surface area contributed by atoms with Crippen molar-refractivity contribution in [2.45, 2.75) is 26.3 Å². The van der Waals surface area contributed by atoms with E-state index in [1.54, 1.807) is 13.8 Å². The molecule has 0 radical (unpaired) electrons. The van der Waals surface area contributed by atoms with E-state index in [-0.39, 0.29) is 22.9 Å². The van der Waals surface area contributed by atoms with Crippen molar-refractivity contribution in [1.29, 1.82) is 0 Å². The SMILES string of the molecule is CCOC(=O)c1sc(N2C[C@@H]3[C@H](C2)[C@@H]3NC(=O)c2[nH]c(C)c(Cl)c2Cl)nc1Cc1cccc(N)c1. The van der Waals surface area contributed by atoms with Gasteiger partial charge in [0, 0.05) is 48.8 Å². The lowest BCUT2D eigenvalue weighted by Gasteiger charge is -2.19. The fourth-order valence-corrected chi connectivity index (χ4v) is 6.11. The number of fused-ring (bicyclic) bond motifs is 1. The molecule has 1 aliphatic carbocycles. The number of hydrogen-bond donors (Lipinski definition) is 3. The Balaban J connectivity index is 1.27. The zero-order valence-electron chi connectivity index (χ0n) is 19.2. The second kappa shape index (κ2) is 9.37. The Kier molecular flexibility index (Phi) is 6.41. The number of rotatable bonds is 7. The van der Waals surface area contributed by atoms with Crippen LogP contribution < -0.4 is 16.0 Å². The maximum Gasteiger partial charge on any atom is 0.350 e. The lowest BCUT2D eigenvalue weighted by Crippen LogP contribution is -2.34. The number of nitrogens with two attached hydrogens (primary N) is 1. The molecule has 1 saturated carbocycles. The Bertz CT molecular complexity index is 1290. The number of carbonyl (C=O) groups is 2. The van der Waals surface area contributed by atoms with Gasteiger partial charge in [-0.3, -0.25) is 4.79 Å². The maximum atomic E-state index is 12.7. The molecule has 3 atom stereocenters. The average molecular weight is 534 g/mol. The van der Waals surface area contributed by atoms with Crippen LogP contribution in [-0.2, 0) is 11.2 Å². The Morgan fingerprint density at radius 2 is 2.03 bits per heavy atom. The van der Waals surface area contributed by atoms with Crippen molar-refractivity contribution in [3.8, 4) is 0 Å². The quantitative estimate of drug-likeness (QED) is 0.308. The number of hydrogen-bond acceptors (Lipinski definition) is 7. The molecule has 2 fully saturated rings. The first-order chi connectivity index (χ1) is 16.8. The lowest BCUT2D eigenvalue weighted by atomic mass is 10.1. The van der Waals surface area contributed by atoms with Crippen LogP contribution in [0.25, 0.3) is 0 Å². The van der Waals surface area contributed by atoms with Gasteiger partial charge < -0.3 is 25.7 Å². The van der Waals surface area contributed by atoms with Crippen LogP contribution in [-0.4, -0.2) is 47.6 Å². The molecule has 2 aromatic heterocycles. The summed E-state index contributed by atoms with van der Waals surface area (Å²) in [7, 11) is 0. The van der Waals surface area contributed by atoms with Gasteiger partial charge in [0.2, 0.25) is 0 Å². The molecule has 3 aromatic rings. The third-order valence-electron chi connectivity index (χ3n) is 6.51. The Labute approximate surface area is 216 Å². The van der Waals surface area contributed by atoms with Crippen LogP contribution in [0.1, 0.15) is 44.0 Å². The highest BCUT2D eigenvalue weighted by Gasteiger charge is 2.57. The fraction of sp³-hybridized carbons (Fsp3) is 0.375. The van der Waals surface area contributed by atoms with E-state index >= 15 is 0 Å². The highest BCUT2D eigenvalue weighted by Crippen LogP contribution is 2.48. The summed E-state index contributed by atoms with van der Waals surface area (Å²) >= 11 is 13.6. The van der Waals surface area contributed by atoms with Gasteiger partial charge in [-0.25, -0.2) is 9.78 Å². The first-order valence-corrected chi connectivity index (χ1v) is 12.9. The number of anilines is 2. The summed E-state index contributed by atoms with van der Waals surface area (Å²) in [5, 5.41) is 4.48. The molecular formula is C24H25Cl2N5O3S. The van der Waals surface area contributed by atoms with Crippen LogP contribution in [0.4, 0.5) is 10.8 Å². The number of aryl methyl sites for hydroxylation is 1. The van der Waals surface area contributed by atoms with Crippen LogP contribution in [0.3, 0.4) is 0 Å². The second-order valence-electron chi connectivity index (χ2n) is 8.90. The zero-order valence-corrected chi connectivity index (χ0v) is 21.6. The summed E-state index contributed by atoms with van der Waals surface area (Å²) < 4.78 is 5.28. The number of nitrogens with zero attached hydrogens (tertiary/aromatic N) is 2. The van der Waals surface area contributed by atoms with Gasteiger partial charge in [0.25, 0.3) is 5.91 Å². The molecule has 11 heteroatoms. The first-order valence-electron chi connectivity index (χ1n) is 11.4. The van der Waals surface area contributed by atoms with Crippen molar-refractivity contribution in [2.24, 2.45) is 11.8 Å². The highest BCUT2D eigenvalue weighted by molar-refractivity contribution is 7.17. The molecular weight excluding hydrogens is 509 g/mol. The van der Waals surface area contributed by atoms with E-state index in [9.17, 15) is 9.59 Å². The fourth-order valence-electron chi connectivity index (χ4n) is 4.70. The molecule has 1 aromatic carbocycles. The molecule has 8 nitrogen and oxygen atoms in total. The summed E-state index contributed by atoms with van der Waals surface area (Å²) in [5.41, 5.74) is 9.22. The normalized spacial score (nSPS) is 20.6. The number of H-pyrrole nitrogens is 1. The first kappa shape index (κ1) is 24.0.